The van der Waals surface area contributed by atoms with Crippen LogP contribution < -0.4 is 9.64 Å². The van der Waals surface area contributed by atoms with E-state index in [4.69, 9.17) is 4.74 Å². The Labute approximate surface area is 143 Å². The van der Waals surface area contributed by atoms with Crippen LogP contribution in [-0.4, -0.2) is 35.4 Å². The minimum absolute atomic E-state index is 0.0791. The summed E-state index contributed by atoms with van der Waals surface area (Å²) in [5, 5.41) is 3.31. The van der Waals surface area contributed by atoms with Gasteiger partial charge >= 0.3 is 0 Å². The normalized spacial score (nSPS) is 10.8. The summed E-state index contributed by atoms with van der Waals surface area (Å²) in [7, 11) is 1.58. The van der Waals surface area contributed by atoms with Crippen LogP contribution in [0, 0.1) is 0 Å². The number of carbonyl (C=O) groups is 2. The van der Waals surface area contributed by atoms with Gasteiger partial charge < -0.3 is 9.30 Å². The second kappa shape index (κ2) is 6.84. The second-order valence-electron chi connectivity index (χ2n) is 5.17. The van der Waals surface area contributed by atoms with Crippen molar-refractivity contribution in [1.29, 1.82) is 0 Å². The average Bonchev–Trinajstić information content (AvgIpc) is 3.23. The van der Waals surface area contributed by atoms with Gasteiger partial charge in [0.15, 0.2) is 11.4 Å². The quantitative estimate of drug-likeness (QED) is 0.646. The van der Waals surface area contributed by atoms with Gasteiger partial charge in [-0.1, -0.05) is 0 Å². The Morgan fingerprint density at radius 3 is 2.92 bits per heavy atom. The third-order valence-electron chi connectivity index (χ3n) is 3.82. The number of amides is 1. The smallest absolute Gasteiger partial charge is 0.248 e. The van der Waals surface area contributed by atoms with E-state index in [0.717, 1.165) is 17.2 Å². The lowest BCUT2D eigenvalue weighted by Crippen LogP contribution is -2.33. The molecular weight excluding hydrogens is 326 g/mol. The summed E-state index contributed by atoms with van der Waals surface area (Å²) in [4.78, 5) is 29.8. The van der Waals surface area contributed by atoms with Gasteiger partial charge in [-0.3, -0.25) is 14.5 Å². The predicted molar refractivity (Wildman–Crippen MR) is 94.0 cm³/mol. The summed E-state index contributed by atoms with van der Waals surface area (Å²) in [5.41, 5.74) is 1.35. The number of aromatic nitrogens is 2. The predicted octanol–water partition coefficient (Wildman–Crippen LogP) is 2.97. The van der Waals surface area contributed by atoms with Gasteiger partial charge in [0.25, 0.3) is 0 Å². The molecule has 1 amide bonds. The number of methoxy groups -OCH3 is 1. The van der Waals surface area contributed by atoms with Crippen LogP contribution in [0.2, 0.25) is 0 Å². The van der Waals surface area contributed by atoms with Gasteiger partial charge in [-0.05, 0) is 19.1 Å². The monoisotopic (exact) mass is 343 g/mol. The fourth-order valence-corrected chi connectivity index (χ4v) is 3.37. The van der Waals surface area contributed by atoms with E-state index in [0.29, 0.717) is 23.0 Å². The third kappa shape index (κ3) is 2.90. The second-order valence-corrected chi connectivity index (χ2v) is 6.04. The summed E-state index contributed by atoms with van der Waals surface area (Å²) >= 11 is 1.42. The molecule has 0 aliphatic rings. The Kier molecular flexibility index (Phi) is 4.61. The van der Waals surface area contributed by atoms with Crippen LogP contribution in [0.1, 0.15) is 17.3 Å². The standard InChI is InChI=1S/C17H17N3O3S/c1-3-20(17-18-6-7-24-17)16(22)10-19-9-12(11-21)14-5-4-13(23-2)8-15(14)19/h4-9,11H,3,10H2,1-2H3. The van der Waals surface area contributed by atoms with Crippen LogP contribution in [-0.2, 0) is 11.3 Å². The zero-order chi connectivity index (χ0) is 17.1. The maximum absolute atomic E-state index is 12.7. The van der Waals surface area contributed by atoms with E-state index in [2.05, 4.69) is 4.98 Å². The number of hydrogen-bond donors (Lipinski definition) is 0. The SMILES string of the molecule is CCN(C(=O)Cn1cc(C=O)c2ccc(OC)cc21)c1nccs1. The van der Waals surface area contributed by atoms with Gasteiger partial charge in [-0.25, -0.2) is 4.98 Å². The first kappa shape index (κ1) is 16.2. The molecule has 2 aromatic heterocycles. The van der Waals surface area contributed by atoms with E-state index in [1.54, 1.807) is 35.0 Å². The third-order valence-corrected chi connectivity index (χ3v) is 4.61. The van der Waals surface area contributed by atoms with Gasteiger partial charge in [0.2, 0.25) is 5.91 Å². The number of aldehydes is 1. The maximum atomic E-state index is 12.7. The average molecular weight is 343 g/mol. The lowest BCUT2D eigenvalue weighted by molar-refractivity contribution is -0.119. The van der Waals surface area contributed by atoms with Gasteiger partial charge in [0.1, 0.15) is 12.3 Å². The molecule has 0 saturated carbocycles. The first-order valence-electron chi connectivity index (χ1n) is 7.49. The first-order valence-corrected chi connectivity index (χ1v) is 8.37. The van der Waals surface area contributed by atoms with Crippen LogP contribution in [0.4, 0.5) is 5.13 Å². The molecular formula is C17H17N3O3S. The highest BCUT2D eigenvalue weighted by Crippen LogP contribution is 2.26. The molecule has 6 nitrogen and oxygen atoms in total. The van der Waals surface area contributed by atoms with E-state index in [1.807, 2.05) is 24.4 Å². The van der Waals surface area contributed by atoms with Crippen molar-refractivity contribution in [2.24, 2.45) is 0 Å². The minimum atomic E-state index is -0.0791. The molecule has 0 saturated heterocycles. The number of thiazole rings is 1. The molecule has 7 heteroatoms. The molecule has 124 valence electrons. The molecule has 0 unspecified atom stereocenters. The van der Waals surface area contributed by atoms with Crippen molar-refractivity contribution in [2.45, 2.75) is 13.5 Å². The molecule has 0 N–H and O–H groups in total. The van der Waals surface area contributed by atoms with Crippen molar-refractivity contribution >= 4 is 39.6 Å². The van der Waals surface area contributed by atoms with Crippen molar-refractivity contribution < 1.29 is 14.3 Å². The number of anilines is 1. The molecule has 1 aromatic carbocycles. The van der Waals surface area contributed by atoms with Crippen LogP contribution in [0.3, 0.4) is 0 Å². The number of carbonyl (C=O) groups excluding carboxylic acids is 2. The molecule has 0 aliphatic heterocycles. The highest BCUT2D eigenvalue weighted by atomic mass is 32.1. The van der Waals surface area contributed by atoms with E-state index >= 15 is 0 Å². The summed E-state index contributed by atoms with van der Waals surface area (Å²) < 4.78 is 7.03. The topological polar surface area (TPSA) is 64.4 Å². The summed E-state index contributed by atoms with van der Waals surface area (Å²) in [6.45, 7) is 2.58. The maximum Gasteiger partial charge on any atom is 0.248 e. The van der Waals surface area contributed by atoms with Crippen LogP contribution in [0.15, 0.2) is 36.0 Å². The Balaban J connectivity index is 1.96. The summed E-state index contributed by atoms with van der Waals surface area (Å²) in [5.74, 6) is 0.601. The molecule has 3 aromatic rings. The number of fused-ring (bicyclic) bond motifs is 1. The van der Waals surface area contributed by atoms with Gasteiger partial charge in [-0.2, -0.15) is 0 Å². The van der Waals surface area contributed by atoms with Gasteiger partial charge in [0.05, 0.1) is 12.6 Å². The number of benzene rings is 1. The molecule has 3 rings (SSSR count). The summed E-state index contributed by atoms with van der Waals surface area (Å²) in [6.07, 6.45) is 4.18. The largest absolute Gasteiger partial charge is 0.497 e. The highest BCUT2D eigenvalue weighted by Gasteiger charge is 2.18. The molecule has 0 atom stereocenters. The Hall–Kier alpha value is -2.67. The number of hydrogen-bond acceptors (Lipinski definition) is 5. The van der Waals surface area contributed by atoms with Gasteiger partial charge in [0, 0.05) is 41.3 Å². The van der Waals surface area contributed by atoms with Crippen molar-refractivity contribution in [3.8, 4) is 5.75 Å². The molecule has 2 heterocycles. The highest BCUT2D eigenvalue weighted by molar-refractivity contribution is 7.13. The Bertz CT molecular complexity index is 871. The zero-order valence-corrected chi connectivity index (χ0v) is 14.2. The molecule has 0 fully saturated rings. The van der Waals surface area contributed by atoms with Crippen molar-refractivity contribution in [3.63, 3.8) is 0 Å². The van der Waals surface area contributed by atoms with Crippen LogP contribution in [0.5, 0.6) is 5.75 Å². The van der Waals surface area contributed by atoms with Crippen molar-refractivity contribution in [2.75, 3.05) is 18.6 Å². The first-order chi connectivity index (χ1) is 11.7. The van der Waals surface area contributed by atoms with E-state index in [9.17, 15) is 9.59 Å². The van der Waals surface area contributed by atoms with Crippen molar-refractivity contribution in [3.05, 3.63) is 41.5 Å². The zero-order valence-electron chi connectivity index (χ0n) is 13.4. The van der Waals surface area contributed by atoms with Crippen LogP contribution >= 0.6 is 11.3 Å². The Morgan fingerprint density at radius 2 is 2.29 bits per heavy atom. The molecule has 0 radical (unpaired) electrons. The van der Waals surface area contributed by atoms with Crippen molar-refractivity contribution in [1.82, 2.24) is 9.55 Å². The Morgan fingerprint density at radius 1 is 1.46 bits per heavy atom. The lowest BCUT2D eigenvalue weighted by Gasteiger charge is -2.18. The summed E-state index contributed by atoms with van der Waals surface area (Å²) in [6, 6.07) is 5.46. The molecule has 24 heavy (non-hydrogen) atoms. The minimum Gasteiger partial charge on any atom is -0.497 e. The van der Waals surface area contributed by atoms with E-state index < -0.39 is 0 Å². The van der Waals surface area contributed by atoms with E-state index in [1.165, 1.54) is 11.3 Å². The molecule has 0 spiro atoms. The fraction of sp³-hybridized carbons (Fsp3) is 0.235. The number of likely N-dealkylation sites (N-methyl/N-ethyl adjacent to an activating group) is 1. The van der Waals surface area contributed by atoms with E-state index in [-0.39, 0.29) is 12.5 Å². The fourth-order valence-electron chi connectivity index (χ4n) is 2.65. The van der Waals surface area contributed by atoms with Crippen LogP contribution in [0.25, 0.3) is 10.9 Å². The molecule has 0 bridgehead atoms. The van der Waals surface area contributed by atoms with Gasteiger partial charge in [-0.15, -0.1) is 11.3 Å². The molecule has 0 aliphatic carbocycles. The number of ether oxygens (including phenoxy) is 1. The number of nitrogens with zero attached hydrogens (tertiary/aromatic N) is 3. The lowest BCUT2D eigenvalue weighted by atomic mass is 10.2. The number of rotatable bonds is 6.